The van der Waals surface area contributed by atoms with Gasteiger partial charge in [-0.25, -0.2) is 0 Å². The van der Waals surface area contributed by atoms with Gasteiger partial charge < -0.3 is 14.6 Å². The van der Waals surface area contributed by atoms with Gasteiger partial charge in [-0.15, -0.1) is 0 Å². The number of ether oxygens (including phenoxy) is 1. The number of rotatable bonds is 6. The first kappa shape index (κ1) is 20.0. The van der Waals surface area contributed by atoms with E-state index in [1.54, 1.807) is 13.3 Å². The van der Waals surface area contributed by atoms with Gasteiger partial charge in [0.15, 0.2) is 0 Å². The van der Waals surface area contributed by atoms with Gasteiger partial charge in [-0.1, -0.05) is 23.4 Å². The van der Waals surface area contributed by atoms with Crippen molar-refractivity contribution in [3.63, 3.8) is 0 Å². The van der Waals surface area contributed by atoms with Gasteiger partial charge in [-0.2, -0.15) is 4.98 Å². The number of methoxy groups -OCH3 is 1. The van der Waals surface area contributed by atoms with Crippen LogP contribution in [0.15, 0.2) is 53.2 Å². The summed E-state index contributed by atoms with van der Waals surface area (Å²) in [5, 5.41) is 7.04. The number of hydrogen-bond donors (Lipinski definition) is 1. The summed E-state index contributed by atoms with van der Waals surface area (Å²) in [4.78, 5) is 23.7. The minimum absolute atomic E-state index is 0.0480. The Morgan fingerprint density at radius 2 is 1.97 bits per heavy atom. The fourth-order valence-corrected chi connectivity index (χ4v) is 3.68. The maximum absolute atomic E-state index is 12.7. The van der Waals surface area contributed by atoms with E-state index in [-0.39, 0.29) is 17.9 Å². The molecule has 0 spiro atoms. The zero-order chi connectivity index (χ0) is 20.9. The number of likely N-dealkylation sites (tertiary alicyclic amines) is 1. The highest BCUT2D eigenvalue weighted by molar-refractivity contribution is 5.95. The topological polar surface area (TPSA) is 93.4 Å². The highest BCUT2D eigenvalue weighted by Gasteiger charge is 2.30. The standard InChI is InChI=1S/C22H25N5O3/c1-15(21(28)24-17-7-3-4-9-19(17)29-2)27-13-10-16(11-14-27)22-25-20(26-30-22)18-8-5-6-12-23-18/h3-9,12,15-16H,10-11,13-14H2,1-2H3,(H,24,28)/t15-/m1/s1. The molecular weight excluding hydrogens is 382 g/mol. The molecule has 8 nitrogen and oxygen atoms in total. The van der Waals surface area contributed by atoms with E-state index in [2.05, 4.69) is 25.3 Å². The van der Waals surface area contributed by atoms with E-state index in [9.17, 15) is 4.79 Å². The molecule has 8 heteroatoms. The van der Waals surface area contributed by atoms with Gasteiger partial charge >= 0.3 is 0 Å². The Labute approximate surface area is 175 Å². The monoisotopic (exact) mass is 407 g/mol. The highest BCUT2D eigenvalue weighted by Crippen LogP contribution is 2.29. The number of piperidine rings is 1. The minimum Gasteiger partial charge on any atom is -0.495 e. The van der Waals surface area contributed by atoms with Gasteiger partial charge in [-0.3, -0.25) is 14.7 Å². The molecule has 4 rings (SSSR count). The second-order valence-electron chi connectivity index (χ2n) is 7.35. The Kier molecular flexibility index (Phi) is 6.04. The van der Waals surface area contributed by atoms with Crippen LogP contribution >= 0.6 is 0 Å². The average Bonchev–Trinajstić information content (AvgIpc) is 3.30. The van der Waals surface area contributed by atoms with Crippen LogP contribution in [0.1, 0.15) is 31.6 Å². The molecule has 1 N–H and O–H groups in total. The van der Waals surface area contributed by atoms with Gasteiger partial charge in [0.05, 0.1) is 18.8 Å². The summed E-state index contributed by atoms with van der Waals surface area (Å²) >= 11 is 0. The van der Waals surface area contributed by atoms with Crippen LogP contribution in [0.5, 0.6) is 5.75 Å². The Morgan fingerprint density at radius 3 is 2.70 bits per heavy atom. The van der Waals surface area contributed by atoms with E-state index in [4.69, 9.17) is 9.26 Å². The largest absolute Gasteiger partial charge is 0.495 e. The number of pyridine rings is 1. The minimum atomic E-state index is -0.248. The van der Waals surface area contributed by atoms with Crippen molar-refractivity contribution in [1.29, 1.82) is 0 Å². The molecule has 30 heavy (non-hydrogen) atoms. The van der Waals surface area contributed by atoms with Crippen molar-refractivity contribution in [2.75, 3.05) is 25.5 Å². The quantitative estimate of drug-likeness (QED) is 0.670. The third-order valence-corrected chi connectivity index (χ3v) is 5.51. The van der Waals surface area contributed by atoms with Crippen LogP contribution in [0.3, 0.4) is 0 Å². The first-order valence-electron chi connectivity index (χ1n) is 10.1. The molecule has 1 amide bonds. The number of carbonyl (C=O) groups excluding carboxylic acids is 1. The molecule has 0 radical (unpaired) electrons. The van der Waals surface area contributed by atoms with E-state index in [1.165, 1.54) is 0 Å². The number of para-hydroxylation sites is 2. The molecule has 1 aliphatic rings. The second kappa shape index (κ2) is 9.04. The highest BCUT2D eigenvalue weighted by atomic mass is 16.5. The summed E-state index contributed by atoms with van der Waals surface area (Å²) in [6.45, 7) is 3.50. The van der Waals surface area contributed by atoms with Gasteiger partial charge in [0, 0.05) is 12.1 Å². The summed E-state index contributed by atoms with van der Waals surface area (Å²) < 4.78 is 10.8. The molecule has 1 saturated heterocycles. The Hall–Kier alpha value is -3.26. The van der Waals surface area contributed by atoms with Crippen molar-refractivity contribution >= 4 is 11.6 Å². The third kappa shape index (κ3) is 4.33. The molecule has 0 saturated carbocycles. The predicted molar refractivity (Wildman–Crippen MR) is 112 cm³/mol. The number of nitrogens with zero attached hydrogens (tertiary/aromatic N) is 4. The SMILES string of the molecule is COc1ccccc1NC(=O)[C@@H](C)N1CCC(c2nc(-c3ccccn3)no2)CC1. The lowest BCUT2D eigenvalue weighted by molar-refractivity contribution is -0.121. The summed E-state index contributed by atoms with van der Waals surface area (Å²) in [6.07, 6.45) is 3.42. The van der Waals surface area contributed by atoms with E-state index in [1.807, 2.05) is 49.4 Å². The lowest BCUT2D eigenvalue weighted by Gasteiger charge is -2.34. The van der Waals surface area contributed by atoms with Gasteiger partial charge in [0.25, 0.3) is 0 Å². The first-order chi connectivity index (χ1) is 14.7. The third-order valence-electron chi connectivity index (χ3n) is 5.51. The molecule has 1 aromatic carbocycles. The molecule has 2 aromatic heterocycles. The fourth-order valence-electron chi connectivity index (χ4n) is 3.68. The van der Waals surface area contributed by atoms with Gasteiger partial charge in [-0.05, 0) is 57.1 Å². The molecule has 0 bridgehead atoms. The van der Waals surface area contributed by atoms with Crippen molar-refractivity contribution in [3.8, 4) is 17.3 Å². The van der Waals surface area contributed by atoms with Crippen molar-refractivity contribution in [2.45, 2.75) is 31.7 Å². The molecule has 156 valence electrons. The van der Waals surface area contributed by atoms with Crippen molar-refractivity contribution in [2.24, 2.45) is 0 Å². The van der Waals surface area contributed by atoms with E-state index in [0.29, 0.717) is 28.8 Å². The smallest absolute Gasteiger partial charge is 0.241 e. The molecule has 1 aliphatic heterocycles. The van der Waals surface area contributed by atoms with E-state index in [0.717, 1.165) is 25.9 Å². The zero-order valence-electron chi connectivity index (χ0n) is 17.1. The fraction of sp³-hybridized carbons (Fsp3) is 0.364. The molecule has 1 atom stereocenters. The van der Waals surface area contributed by atoms with Crippen molar-refractivity contribution in [3.05, 3.63) is 54.6 Å². The maximum atomic E-state index is 12.7. The van der Waals surface area contributed by atoms with Crippen LogP contribution in [-0.2, 0) is 4.79 Å². The van der Waals surface area contributed by atoms with E-state index >= 15 is 0 Å². The first-order valence-corrected chi connectivity index (χ1v) is 10.1. The lowest BCUT2D eigenvalue weighted by atomic mass is 9.95. The number of aromatic nitrogens is 3. The Bertz CT molecular complexity index is 983. The second-order valence-corrected chi connectivity index (χ2v) is 7.35. The number of anilines is 1. The van der Waals surface area contributed by atoms with Crippen molar-refractivity contribution in [1.82, 2.24) is 20.0 Å². The average molecular weight is 407 g/mol. The normalized spacial score (nSPS) is 16.2. The molecule has 1 fully saturated rings. The van der Waals surface area contributed by atoms with Crippen LogP contribution in [0.25, 0.3) is 11.5 Å². The number of benzene rings is 1. The Morgan fingerprint density at radius 1 is 1.20 bits per heavy atom. The summed E-state index contributed by atoms with van der Waals surface area (Å²) in [5.41, 5.74) is 1.38. The molecule has 3 heterocycles. The Balaban J connectivity index is 1.34. The predicted octanol–water partition coefficient (Wildman–Crippen LogP) is 3.35. The number of nitrogens with one attached hydrogen (secondary N) is 1. The zero-order valence-corrected chi connectivity index (χ0v) is 17.1. The molecule has 3 aromatic rings. The van der Waals surface area contributed by atoms with Crippen LogP contribution in [0.2, 0.25) is 0 Å². The summed E-state index contributed by atoms with van der Waals surface area (Å²) in [7, 11) is 1.59. The van der Waals surface area contributed by atoms with E-state index < -0.39 is 0 Å². The molecular formula is C22H25N5O3. The lowest BCUT2D eigenvalue weighted by Crippen LogP contribution is -2.45. The number of amides is 1. The molecule has 0 aliphatic carbocycles. The van der Waals surface area contributed by atoms with Gasteiger partial charge in [0.2, 0.25) is 17.6 Å². The summed E-state index contributed by atoms with van der Waals surface area (Å²) in [6, 6.07) is 12.8. The van der Waals surface area contributed by atoms with Crippen LogP contribution in [0, 0.1) is 0 Å². The summed E-state index contributed by atoms with van der Waals surface area (Å²) in [5.74, 6) is 1.94. The number of hydrogen-bond acceptors (Lipinski definition) is 7. The molecule has 0 unspecified atom stereocenters. The van der Waals surface area contributed by atoms with Crippen LogP contribution in [0.4, 0.5) is 5.69 Å². The maximum Gasteiger partial charge on any atom is 0.241 e. The number of carbonyl (C=O) groups is 1. The van der Waals surface area contributed by atoms with Crippen LogP contribution < -0.4 is 10.1 Å². The van der Waals surface area contributed by atoms with Crippen molar-refractivity contribution < 1.29 is 14.1 Å². The van der Waals surface area contributed by atoms with Gasteiger partial charge in [0.1, 0.15) is 11.4 Å². The van der Waals surface area contributed by atoms with Crippen LogP contribution in [-0.4, -0.2) is 52.2 Å².